The molecule has 0 aliphatic carbocycles. The van der Waals surface area contributed by atoms with Crippen molar-refractivity contribution in [3.63, 3.8) is 0 Å². The van der Waals surface area contributed by atoms with Crippen molar-refractivity contribution in [1.29, 1.82) is 0 Å². The molecule has 0 spiro atoms. The highest BCUT2D eigenvalue weighted by molar-refractivity contribution is 5.60. The average molecular weight is 304 g/mol. The van der Waals surface area contributed by atoms with Crippen LogP contribution in [0.2, 0.25) is 0 Å². The van der Waals surface area contributed by atoms with Gasteiger partial charge in [-0.25, -0.2) is 4.98 Å². The Morgan fingerprint density at radius 2 is 2.23 bits per heavy atom. The fraction of sp³-hybridized carbons (Fsp3) is 0.706. The zero-order valence-corrected chi connectivity index (χ0v) is 13.3. The molecule has 0 radical (unpaired) electrons. The van der Waals surface area contributed by atoms with Gasteiger partial charge in [0, 0.05) is 24.9 Å². The van der Waals surface area contributed by atoms with Crippen LogP contribution < -0.4 is 9.64 Å². The highest BCUT2D eigenvalue weighted by atomic mass is 16.6. The second-order valence-corrected chi connectivity index (χ2v) is 6.80. The molecule has 3 aliphatic rings. The van der Waals surface area contributed by atoms with Gasteiger partial charge >= 0.3 is 0 Å². The Bertz CT molecular complexity index is 543. The Labute approximate surface area is 131 Å². The standard InChI is InChI=1S/C17H24N2O3/c1-11(2)15-3-5-18-17-16(15)21-9-12-7-14(8-19(12)17)22-13-4-6-20-10-13/h3,5,11-14H,4,6-10H2,1-2H3. The smallest absolute Gasteiger partial charge is 0.172 e. The van der Waals surface area contributed by atoms with E-state index < -0.39 is 0 Å². The Balaban J connectivity index is 1.53. The van der Waals surface area contributed by atoms with Crippen LogP contribution in [0, 0.1) is 0 Å². The Morgan fingerprint density at radius 3 is 3.00 bits per heavy atom. The van der Waals surface area contributed by atoms with Crippen LogP contribution in [0.3, 0.4) is 0 Å². The average Bonchev–Trinajstić information content (AvgIpc) is 3.15. The zero-order valence-electron chi connectivity index (χ0n) is 13.3. The summed E-state index contributed by atoms with van der Waals surface area (Å²) in [5, 5.41) is 0. The summed E-state index contributed by atoms with van der Waals surface area (Å²) in [6, 6.07) is 2.46. The molecule has 0 aromatic carbocycles. The normalized spacial score (nSPS) is 30.3. The maximum Gasteiger partial charge on any atom is 0.172 e. The third-order valence-corrected chi connectivity index (χ3v) is 4.88. The number of fused-ring (bicyclic) bond motifs is 3. The van der Waals surface area contributed by atoms with Crippen molar-refractivity contribution in [3.8, 4) is 5.75 Å². The van der Waals surface area contributed by atoms with Gasteiger partial charge in [0.15, 0.2) is 11.6 Å². The summed E-state index contributed by atoms with van der Waals surface area (Å²) in [5.74, 6) is 2.41. The van der Waals surface area contributed by atoms with E-state index in [1.54, 1.807) is 0 Å². The maximum atomic E-state index is 6.21. The molecule has 3 aliphatic heterocycles. The van der Waals surface area contributed by atoms with Crippen molar-refractivity contribution in [2.24, 2.45) is 0 Å². The molecule has 0 bridgehead atoms. The van der Waals surface area contributed by atoms with Crippen molar-refractivity contribution in [2.75, 3.05) is 31.3 Å². The van der Waals surface area contributed by atoms with Gasteiger partial charge in [0.05, 0.1) is 24.9 Å². The van der Waals surface area contributed by atoms with Crippen LogP contribution in [0.1, 0.15) is 38.2 Å². The molecular formula is C17H24N2O3. The molecule has 2 fully saturated rings. The molecule has 5 heteroatoms. The summed E-state index contributed by atoms with van der Waals surface area (Å²) in [6.07, 6.45) is 4.46. The first-order valence-corrected chi connectivity index (χ1v) is 8.34. The molecule has 4 heterocycles. The minimum Gasteiger partial charge on any atom is -0.487 e. The minimum atomic E-state index is 0.260. The Kier molecular flexibility index (Phi) is 3.70. The highest BCUT2D eigenvalue weighted by Crippen LogP contribution is 2.41. The van der Waals surface area contributed by atoms with Crippen LogP contribution in [-0.4, -0.2) is 49.6 Å². The zero-order chi connectivity index (χ0) is 15.1. The second-order valence-electron chi connectivity index (χ2n) is 6.80. The highest BCUT2D eigenvalue weighted by Gasteiger charge is 2.40. The maximum absolute atomic E-state index is 6.21. The van der Waals surface area contributed by atoms with Gasteiger partial charge in [-0.2, -0.15) is 0 Å². The first-order chi connectivity index (χ1) is 10.7. The van der Waals surface area contributed by atoms with E-state index in [1.807, 2.05) is 6.20 Å². The van der Waals surface area contributed by atoms with Crippen LogP contribution in [0.4, 0.5) is 5.82 Å². The van der Waals surface area contributed by atoms with E-state index in [0.717, 1.165) is 50.8 Å². The van der Waals surface area contributed by atoms with Gasteiger partial charge in [-0.3, -0.25) is 0 Å². The summed E-state index contributed by atoms with van der Waals surface area (Å²) in [7, 11) is 0. The molecule has 3 atom stereocenters. The topological polar surface area (TPSA) is 43.8 Å². The number of pyridine rings is 1. The molecule has 1 aromatic heterocycles. The fourth-order valence-electron chi connectivity index (χ4n) is 3.72. The number of hydrogen-bond acceptors (Lipinski definition) is 5. The lowest BCUT2D eigenvalue weighted by Crippen LogP contribution is -2.39. The summed E-state index contributed by atoms with van der Waals surface area (Å²) < 4.78 is 17.7. The van der Waals surface area contributed by atoms with Gasteiger partial charge in [-0.1, -0.05) is 13.8 Å². The first kappa shape index (κ1) is 14.3. The van der Waals surface area contributed by atoms with E-state index in [-0.39, 0.29) is 12.2 Å². The molecule has 120 valence electrons. The van der Waals surface area contributed by atoms with Crippen molar-refractivity contribution in [2.45, 2.75) is 50.9 Å². The predicted molar refractivity (Wildman–Crippen MR) is 83.7 cm³/mol. The summed E-state index contributed by atoms with van der Waals surface area (Å²) >= 11 is 0. The summed E-state index contributed by atoms with van der Waals surface area (Å²) in [4.78, 5) is 6.97. The van der Waals surface area contributed by atoms with E-state index in [0.29, 0.717) is 12.0 Å². The number of hydrogen-bond donors (Lipinski definition) is 0. The molecule has 2 saturated heterocycles. The largest absolute Gasteiger partial charge is 0.487 e. The van der Waals surface area contributed by atoms with Crippen LogP contribution in [0.15, 0.2) is 12.3 Å². The van der Waals surface area contributed by atoms with E-state index in [9.17, 15) is 0 Å². The van der Waals surface area contributed by atoms with Crippen molar-refractivity contribution in [1.82, 2.24) is 4.98 Å². The lowest BCUT2D eigenvalue weighted by Gasteiger charge is -2.33. The van der Waals surface area contributed by atoms with E-state index in [2.05, 4.69) is 29.8 Å². The van der Waals surface area contributed by atoms with Crippen molar-refractivity contribution < 1.29 is 14.2 Å². The third kappa shape index (κ3) is 2.46. The van der Waals surface area contributed by atoms with Crippen LogP contribution in [-0.2, 0) is 9.47 Å². The monoisotopic (exact) mass is 304 g/mol. The number of ether oxygens (including phenoxy) is 3. The van der Waals surface area contributed by atoms with Gasteiger partial charge in [0.25, 0.3) is 0 Å². The number of anilines is 1. The second kappa shape index (κ2) is 5.70. The van der Waals surface area contributed by atoms with Gasteiger partial charge in [0.1, 0.15) is 6.61 Å². The molecule has 22 heavy (non-hydrogen) atoms. The van der Waals surface area contributed by atoms with E-state index in [1.165, 1.54) is 5.56 Å². The number of rotatable bonds is 3. The minimum absolute atomic E-state index is 0.260. The molecule has 0 saturated carbocycles. The molecule has 5 nitrogen and oxygen atoms in total. The fourth-order valence-corrected chi connectivity index (χ4v) is 3.72. The Morgan fingerprint density at radius 1 is 1.32 bits per heavy atom. The lowest BCUT2D eigenvalue weighted by molar-refractivity contribution is -0.00632. The molecule has 3 unspecified atom stereocenters. The predicted octanol–water partition coefficient (Wildman–Crippen LogP) is 2.35. The van der Waals surface area contributed by atoms with Gasteiger partial charge in [-0.05, 0) is 24.8 Å². The van der Waals surface area contributed by atoms with E-state index in [4.69, 9.17) is 14.2 Å². The van der Waals surface area contributed by atoms with Gasteiger partial charge in [0.2, 0.25) is 0 Å². The lowest BCUT2D eigenvalue weighted by atomic mass is 10.0. The SMILES string of the molecule is CC(C)c1ccnc2c1OCC1CC(OC3CCOC3)CN21. The summed E-state index contributed by atoms with van der Waals surface area (Å²) in [5.41, 5.74) is 1.25. The van der Waals surface area contributed by atoms with Crippen LogP contribution in [0.25, 0.3) is 0 Å². The third-order valence-electron chi connectivity index (χ3n) is 4.88. The molecule has 0 amide bonds. The van der Waals surface area contributed by atoms with Crippen molar-refractivity contribution in [3.05, 3.63) is 17.8 Å². The van der Waals surface area contributed by atoms with Crippen molar-refractivity contribution >= 4 is 5.82 Å². The van der Waals surface area contributed by atoms with Crippen LogP contribution >= 0.6 is 0 Å². The summed E-state index contributed by atoms with van der Waals surface area (Å²) in [6.45, 7) is 7.60. The van der Waals surface area contributed by atoms with E-state index >= 15 is 0 Å². The number of aromatic nitrogens is 1. The Hall–Kier alpha value is -1.33. The first-order valence-electron chi connectivity index (χ1n) is 8.34. The number of nitrogens with zero attached hydrogens (tertiary/aromatic N) is 2. The van der Waals surface area contributed by atoms with Gasteiger partial charge in [-0.15, -0.1) is 0 Å². The molecular weight excluding hydrogens is 280 g/mol. The van der Waals surface area contributed by atoms with Gasteiger partial charge < -0.3 is 19.1 Å². The van der Waals surface area contributed by atoms with Crippen LogP contribution in [0.5, 0.6) is 5.75 Å². The molecule has 4 rings (SSSR count). The quantitative estimate of drug-likeness (QED) is 0.857. The molecule has 0 N–H and O–H groups in total. The molecule has 1 aromatic rings.